The van der Waals surface area contributed by atoms with Crippen LogP contribution in [0.4, 0.5) is 0 Å². The van der Waals surface area contributed by atoms with Crippen LogP contribution in [0.1, 0.15) is 67.3 Å². The summed E-state index contributed by atoms with van der Waals surface area (Å²) in [6, 6.07) is 8.16. The van der Waals surface area contributed by atoms with Gasteiger partial charge in [-0.1, -0.05) is 12.1 Å². The van der Waals surface area contributed by atoms with Crippen molar-refractivity contribution in [3.8, 4) is 0 Å². The third kappa shape index (κ3) is 4.43. The van der Waals surface area contributed by atoms with Crippen molar-refractivity contribution in [2.75, 3.05) is 13.7 Å². The molecule has 3 aliphatic carbocycles. The van der Waals surface area contributed by atoms with Gasteiger partial charge in [0, 0.05) is 25.8 Å². The highest BCUT2D eigenvalue weighted by Crippen LogP contribution is 2.54. The van der Waals surface area contributed by atoms with Crippen LogP contribution in [0.25, 0.3) is 0 Å². The van der Waals surface area contributed by atoms with Crippen molar-refractivity contribution >= 4 is 11.9 Å². The first-order valence-electron chi connectivity index (χ1n) is 9.85. The second-order valence-electron chi connectivity index (χ2n) is 7.91. The first-order chi connectivity index (χ1) is 13.0. The molecule has 147 valence electrons. The van der Waals surface area contributed by atoms with E-state index in [9.17, 15) is 4.79 Å². The smallest absolute Gasteiger partial charge is 0.251 e. The Balaban J connectivity index is 1.49. The highest BCUT2D eigenvalue weighted by molar-refractivity contribution is 5.94. The van der Waals surface area contributed by atoms with E-state index < -0.39 is 0 Å². The number of methoxy groups -OCH3 is 1. The third-order valence-electron chi connectivity index (χ3n) is 6.44. The van der Waals surface area contributed by atoms with E-state index in [0.29, 0.717) is 12.1 Å². The van der Waals surface area contributed by atoms with Crippen LogP contribution >= 0.6 is 0 Å². The summed E-state index contributed by atoms with van der Waals surface area (Å²) in [6.07, 6.45) is 8.48. The minimum absolute atomic E-state index is 0.0255. The number of guanidine groups is 1. The van der Waals surface area contributed by atoms with Gasteiger partial charge >= 0.3 is 0 Å². The van der Waals surface area contributed by atoms with Crippen LogP contribution in [-0.2, 0) is 10.2 Å². The molecule has 1 aromatic rings. The van der Waals surface area contributed by atoms with E-state index >= 15 is 0 Å². The summed E-state index contributed by atoms with van der Waals surface area (Å²) in [5.41, 5.74) is 7.66. The lowest BCUT2D eigenvalue weighted by molar-refractivity contribution is -0.0955. The number of amides is 1. The molecule has 3 aliphatic rings. The topological polar surface area (TPSA) is 100 Å². The number of unbranched alkanes of at least 4 members (excludes halogenated alkanes) is 1. The zero-order valence-electron chi connectivity index (χ0n) is 16.1. The van der Waals surface area contributed by atoms with Crippen molar-refractivity contribution in [1.29, 1.82) is 5.41 Å². The van der Waals surface area contributed by atoms with Gasteiger partial charge in [-0.2, -0.15) is 0 Å². The molecular weight excluding hydrogens is 340 g/mol. The number of benzene rings is 1. The summed E-state index contributed by atoms with van der Waals surface area (Å²) >= 11 is 0. The van der Waals surface area contributed by atoms with Crippen LogP contribution in [-0.4, -0.2) is 31.1 Å². The molecule has 0 aromatic heterocycles. The van der Waals surface area contributed by atoms with E-state index in [0.717, 1.165) is 32.1 Å². The summed E-state index contributed by atoms with van der Waals surface area (Å²) in [5.74, 6) is -0.105. The normalized spacial score (nSPS) is 26.6. The van der Waals surface area contributed by atoms with Crippen LogP contribution in [0, 0.1) is 12.0 Å². The fourth-order valence-corrected chi connectivity index (χ4v) is 4.54. The fourth-order valence-electron chi connectivity index (χ4n) is 4.54. The van der Waals surface area contributed by atoms with E-state index in [1.807, 2.05) is 19.2 Å². The second-order valence-corrected chi connectivity index (χ2v) is 7.91. The van der Waals surface area contributed by atoms with Gasteiger partial charge in [0.05, 0.1) is 5.60 Å². The number of fused-ring (bicyclic) bond motifs is 3. The van der Waals surface area contributed by atoms with E-state index in [-0.39, 0.29) is 22.9 Å². The Hall–Kier alpha value is -2.08. The molecule has 0 heterocycles. The molecule has 3 fully saturated rings. The molecule has 0 spiro atoms. The van der Waals surface area contributed by atoms with Gasteiger partial charge in [0.15, 0.2) is 5.96 Å². The standard InChI is InChI=1S/C21H31N4O2/c1-27-21-11-8-20(9-12-21,10-13-21)17-6-4-16(5-7-17)18(26)24-14-2-3-15-25-19(22)23/h4-7,14H,2-3,8-13,15H2,1H3,(H,24,26)(H4,22,23,25). The van der Waals surface area contributed by atoms with Gasteiger partial charge < -0.3 is 21.1 Å². The Morgan fingerprint density at radius 3 is 2.37 bits per heavy atom. The molecule has 3 saturated carbocycles. The van der Waals surface area contributed by atoms with Crippen molar-refractivity contribution in [1.82, 2.24) is 10.6 Å². The molecule has 1 radical (unpaired) electrons. The number of nitrogens with two attached hydrogens (primary N) is 1. The lowest BCUT2D eigenvalue weighted by atomic mass is 9.56. The van der Waals surface area contributed by atoms with Gasteiger partial charge in [0.1, 0.15) is 0 Å². The van der Waals surface area contributed by atoms with Gasteiger partial charge in [-0.3, -0.25) is 10.2 Å². The Labute approximate surface area is 161 Å². The zero-order chi connectivity index (χ0) is 19.3. The lowest BCUT2D eigenvalue weighted by Gasteiger charge is -2.53. The number of hydrogen-bond acceptors (Lipinski definition) is 3. The van der Waals surface area contributed by atoms with Crippen LogP contribution < -0.4 is 16.4 Å². The summed E-state index contributed by atoms with van der Waals surface area (Å²) in [4.78, 5) is 12.3. The van der Waals surface area contributed by atoms with Gasteiger partial charge in [0.2, 0.25) is 0 Å². The van der Waals surface area contributed by atoms with Crippen molar-refractivity contribution in [2.45, 2.75) is 62.4 Å². The van der Waals surface area contributed by atoms with E-state index in [1.54, 1.807) is 6.54 Å². The summed E-state index contributed by atoms with van der Waals surface area (Å²) in [7, 11) is 1.85. The molecule has 0 aliphatic heterocycles. The SMILES string of the molecule is COC12CCC(c3ccc(C(=O)N[CH]CCCNC(=N)N)cc3)(CC1)CC2. The van der Waals surface area contributed by atoms with Crippen molar-refractivity contribution in [3.05, 3.63) is 41.9 Å². The molecule has 4 rings (SSSR count). The summed E-state index contributed by atoms with van der Waals surface area (Å²) < 4.78 is 5.79. The quantitative estimate of drug-likeness (QED) is 0.321. The second kappa shape index (κ2) is 8.30. The third-order valence-corrected chi connectivity index (χ3v) is 6.44. The molecule has 27 heavy (non-hydrogen) atoms. The number of carbonyl (C=O) groups excluding carboxylic acids is 1. The number of rotatable bonds is 8. The molecule has 6 heteroatoms. The number of carbonyl (C=O) groups is 1. The average molecular weight is 372 g/mol. The minimum Gasteiger partial charge on any atom is -0.378 e. The molecule has 0 unspecified atom stereocenters. The van der Waals surface area contributed by atoms with Crippen LogP contribution in [0.5, 0.6) is 0 Å². The maximum absolute atomic E-state index is 12.3. The van der Waals surface area contributed by atoms with Crippen molar-refractivity contribution in [3.63, 3.8) is 0 Å². The lowest BCUT2D eigenvalue weighted by Crippen LogP contribution is -2.49. The number of nitrogens with one attached hydrogen (secondary N) is 3. The number of ether oxygens (including phenoxy) is 1. The maximum Gasteiger partial charge on any atom is 0.251 e. The molecular formula is C21H31N4O2. The van der Waals surface area contributed by atoms with Gasteiger partial charge in [-0.05, 0) is 74.5 Å². The van der Waals surface area contributed by atoms with Crippen molar-refractivity contribution < 1.29 is 9.53 Å². The molecule has 0 saturated heterocycles. The maximum atomic E-state index is 12.3. The highest BCUT2D eigenvalue weighted by atomic mass is 16.5. The van der Waals surface area contributed by atoms with Crippen molar-refractivity contribution in [2.24, 2.45) is 5.73 Å². The average Bonchev–Trinajstić information content (AvgIpc) is 2.71. The van der Waals surface area contributed by atoms with Gasteiger partial charge in [-0.25, -0.2) is 0 Å². The summed E-state index contributed by atoms with van der Waals surface area (Å²) in [5, 5.41) is 12.7. The fraction of sp³-hybridized carbons (Fsp3) is 0.571. The van der Waals surface area contributed by atoms with Crippen LogP contribution in [0.2, 0.25) is 0 Å². The van der Waals surface area contributed by atoms with Gasteiger partial charge in [-0.15, -0.1) is 0 Å². The zero-order valence-corrected chi connectivity index (χ0v) is 16.1. The Morgan fingerprint density at radius 1 is 1.19 bits per heavy atom. The van der Waals surface area contributed by atoms with Crippen LogP contribution in [0.15, 0.2) is 24.3 Å². The number of hydrogen-bond donors (Lipinski definition) is 4. The van der Waals surface area contributed by atoms with E-state index in [1.165, 1.54) is 24.8 Å². The monoisotopic (exact) mass is 371 g/mol. The molecule has 6 nitrogen and oxygen atoms in total. The molecule has 1 amide bonds. The Kier molecular flexibility index (Phi) is 6.05. The largest absolute Gasteiger partial charge is 0.378 e. The molecule has 2 bridgehead atoms. The predicted octanol–water partition coefficient (Wildman–Crippen LogP) is 2.83. The van der Waals surface area contributed by atoms with E-state index in [2.05, 4.69) is 22.8 Å². The summed E-state index contributed by atoms with van der Waals surface area (Å²) in [6.45, 7) is 2.40. The van der Waals surface area contributed by atoms with Crippen LogP contribution in [0.3, 0.4) is 0 Å². The highest BCUT2D eigenvalue weighted by Gasteiger charge is 2.49. The molecule has 5 N–H and O–H groups in total. The predicted molar refractivity (Wildman–Crippen MR) is 106 cm³/mol. The first-order valence-corrected chi connectivity index (χ1v) is 9.85. The van der Waals surface area contributed by atoms with Gasteiger partial charge in [0.25, 0.3) is 5.91 Å². The Bertz CT molecular complexity index is 647. The molecule has 1 aromatic carbocycles. The Morgan fingerprint density at radius 2 is 1.81 bits per heavy atom. The minimum atomic E-state index is -0.0794. The molecule has 0 atom stereocenters. The van der Waals surface area contributed by atoms with E-state index in [4.69, 9.17) is 15.9 Å². The first kappa shape index (κ1) is 19.7.